The maximum atomic E-state index is 12.7. The smallest absolute Gasteiger partial charge is 0.248 e. The van der Waals surface area contributed by atoms with Crippen LogP contribution in [0.15, 0.2) is 48.5 Å². The molecule has 0 spiro atoms. The first kappa shape index (κ1) is 17.9. The van der Waals surface area contributed by atoms with Crippen molar-refractivity contribution >= 4 is 29.3 Å². The van der Waals surface area contributed by atoms with E-state index in [-0.39, 0.29) is 16.7 Å². The van der Waals surface area contributed by atoms with E-state index < -0.39 is 6.04 Å². The Hall–Kier alpha value is -2.47. The number of carbonyl (C=O) groups excluding carboxylic acids is 2. The van der Waals surface area contributed by atoms with E-state index in [0.717, 1.165) is 12.2 Å². The Labute approximate surface area is 163 Å². The van der Waals surface area contributed by atoms with E-state index in [0.29, 0.717) is 23.6 Å². The van der Waals surface area contributed by atoms with Crippen LogP contribution < -0.4 is 10.1 Å². The fraction of sp³-hybridized carbons (Fsp3) is 0.333. The summed E-state index contributed by atoms with van der Waals surface area (Å²) in [5, 5.41) is 2.93. The summed E-state index contributed by atoms with van der Waals surface area (Å²) < 4.78 is 5.81. The lowest BCUT2D eigenvalue weighted by molar-refractivity contribution is -0.135. The molecule has 1 N–H and O–H groups in total. The summed E-state index contributed by atoms with van der Waals surface area (Å²) in [6.45, 7) is 4.08. The first-order valence-corrected chi connectivity index (χ1v) is 10.0. The summed E-state index contributed by atoms with van der Waals surface area (Å²) in [5.41, 5.74) is 1.87. The highest BCUT2D eigenvalue weighted by molar-refractivity contribution is 8.01. The number of nitrogens with one attached hydrogen (secondary N) is 1. The van der Waals surface area contributed by atoms with Gasteiger partial charge in [-0.25, -0.2) is 0 Å². The lowest BCUT2D eigenvalue weighted by Gasteiger charge is -2.29. The molecule has 0 radical (unpaired) electrons. The van der Waals surface area contributed by atoms with Crippen molar-refractivity contribution in [3.63, 3.8) is 0 Å². The standard InChI is InChI=1S/C21H22N2O3S/c1-14-3-7-16(8-4-14)26-17-9-5-15(6-10-17)22-20(25)18-13-27-21(2)12-11-19(24)23(18)21/h3-10,18H,11-13H2,1-2H3,(H,22,25)/t18-,21-/m1/s1. The molecule has 140 valence electrons. The quantitative estimate of drug-likeness (QED) is 0.862. The molecule has 2 aromatic carbocycles. The van der Waals surface area contributed by atoms with Gasteiger partial charge >= 0.3 is 0 Å². The molecule has 27 heavy (non-hydrogen) atoms. The fourth-order valence-electron chi connectivity index (χ4n) is 3.59. The van der Waals surface area contributed by atoms with Crippen LogP contribution in [0.25, 0.3) is 0 Å². The Morgan fingerprint density at radius 3 is 2.44 bits per heavy atom. The van der Waals surface area contributed by atoms with Gasteiger partial charge in [-0.2, -0.15) is 0 Å². The van der Waals surface area contributed by atoms with Gasteiger partial charge in [-0.1, -0.05) is 17.7 Å². The first-order chi connectivity index (χ1) is 12.9. The summed E-state index contributed by atoms with van der Waals surface area (Å²) >= 11 is 1.69. The third-order valence-corrected chi connectivity index (χ3v) is 6.63. The summed E-state index contributed by atoms with van der Waals surface area (Å²) in [4.78, 5) is 26.4. The second-order valence-corrected chi connectivity index (χ2v) is 8.70. The second-order valence-electron chi connectivity index (χ2n) is 7.19. The van der Waals surface area contributed by atoms with Crippen LogP contribution in [0.3, 0.4) is 0 Å². The average Bonchev–Trinajstić information content (AvgIpc) is 3.15. The number of fused-ring (bicyclic) bond motifs is 1. The molecule has 2 aliphatic rings. The normalized spacial score (nSPS) is 24.0. The van der Waals surface area contributed by atoms with Crippen LogP contribution in [-0.4, -0.2) is 33.4 Å². The van der Waals surface area contributed by atoms with Crippen LogP contribution in [0, 0.1) is 6.92 Å². The van der Waals surface area contributed by atoms with Crippen LogP contribution in [0.4, 0.5) is 5.69 Å². The van der Waals surface area contributed by atoms with E-state index in [1.807, 2.05) is 62.4 Å². The van der Waals surface area contributed by atoms with Crippen LogP contribution >= 0.6 is 11.8 Å². The molecule has 0 bridgehead atoms. The number of benzene rings is 2. The van der Waals surface area contributed by atoms with Gasteiger partial charge in [0.15, 0.2) is 0 Å². The third-order valence-electron chi connectivity index (χ3n) is 5.13. The number of carbonyl (C=O) groups is 2. The topological polar surface area (TPSA) is 58.6 Å². The highest BCUT2D eigenvalue weighted by Gasteiger charge is 2.52. The van der Waals surface area contributed by atoms with Gasteiger partial charge in [-0.15, -0.1) is 11.8 Å². The van der Waals surface area contributed by atoms with Crippen LogP contribution in [0.5, 0.6) is 11.5 Å². The minimum Gasteiger partial charge on any atom is -0.457 e. The van der Waals surface area contributed by atoms with Gasteiger partial charge in [0.1, 0.15) is 17.5 Å². The van der Waals surface area contributed by atoms with Gasteiger partial charge in [0.25, 0.3) is 0 Å². The minimum atomic E-state index is -0.404. The van der Waals surface area contributed by atoms with Crippen molar-refractivity contribution in [2.45, 2.75) is 37.6 Å². The van der Waals surface area contributed by atoms with Crippen molar-refractivity contribution < 1.29 is 14.3 Å². The van der Waals surface area contributed by atoms with Crippen molar-refractivity contribution in [3.05, 3.63) is 54.1 Å². The predicted molar refractivity (Wildman–Crippen MR) is 107 cm³/mol. The molecule has 0 aliphatic carbocycles. The highest BCUT2D eigenvalue weighted by atomic mass is 32.2. The van der Waals surface area contributed by atoms with Crippen LogP contribution in [0.1, 0.15) is 25.3 Å². The van der Waals surface area contributed by atoms with Gasteiger partial charge < -0.3 is 15.0 Å². The van der Waals surface area contributed by atoms with Gasteiger partial charge in [0.2, 0.25) is 11.8 Å². The predicted octanol–water partition coefficient (Wildman–Crippen LogP) is 4.18. The summed E-state index contributed by atoms with van der Waals surface area (Å²) in [6.07, 6.45) is 1.34. The summed E-state index contributed by atoms with van der Waals surface area (Å²) in [6, 6.07) is 14.7. The molecule has 2 aliphatic heterocycles. The molecule has 6 heteroatoms. The molecule has 2 fully saturated rings. The maximum absolute atomic E-state index is 12.7. The van der Waals surface area contributed by atoms with Crippen molar-refractivity contribution in [3.8, 4) is 11.5 Å². The lowest BCUT2D eigenvalue weighted by atomic mass is 10.2. The highest BCUT2D eigenvalue weighted by Crippen LogP contribution is 2.47. The Morgan fingerprint density at radius 1 is 1.15 bits per heavy atom. The molecule has 2 atom stereocenters. The summed E-state index contributed by atoms with van der Waals surface area (Å²) in [7, 11) is 0. The molecule has 0 unspecified atom stereocenters. The molecular formula is C21H22N2O3S. The third kappa shape index (κ3) is 3.54. The fourth-order valence-corrected chi connectivity index (χ4v) is 5.02. The first-order valence-electron chi connectivity index (χ1n) is 9.06. The number of hydrogen-bond acceptors (Lipinski definition) is 4. The molecule has 2 saturated heterocycles. The Morgan fingerprint density at radius 2 is 1.78 bits per heavy atom. The molecule has 2 amide bonds. The van der Waals surface area contributed by atoms with E-state index in [2.05, 4.69) is 5.32 Å². The van der Waals surface area contributed by atoms with Gasteiger partial charge in [-0.05, 0) is 56.7 Å². The number of ether oxygens (including phenoxy) is 1. The number of rotatable bonds is 4. The SMILES string of the molecule is Cc1ccc(Oc2ccc(NC(=O)[C@H]3CS[C@]4(C)CCC(=O)N34)cc2)cc1. The monoisotopic (exact) mass is 382 g/mol. The van der Waals surface area contributed by atoms with Crippen molar-refractivity contribution in [2.24, 2.45) is 0 Å². The van der Waals surface area contributed by atoms with E-state index in [1.165, 1.54) is 5.56 Å². The van der Waals surface area contributed by atoms with Gasteiger partial charge in [0, 0.05) is 17.9 Å². The van der Waals surface area contributed by atoms with Crippen LogP contribution in [0.2, 0.25) is 0 Å². The molecule has 2 aromatic rings. The molecule has 2 heterocycles. The van der Waals surface area contributed by atoms with Crippen LogP contribution in [-0.2, 0) is 9.59 Å². The number of aryl methyl sites for hydroxylation is 1. The zero-order valence-electron chi connectivity index (χ0n) is 15.4. The maximum Gasteiger partial charge on any atom is 0.248 e. The number of hydrogen-bond donors (Lipinski definition) is 1. The lowest BCUT2D eigenvalue weighted by Crippen LogP contribution is -2.48. The average molecular weight is 382 g/mol. The van der Waals surface area contributed by atoms with E-state index >= 15 is 0 Å². The zero-order valence-corrected chi connectivity index (χ0v) is 16.2. The Bertz CT molecular complexity index is 866. The minimum absolute atomic E-state index is 0.0736. The zero-order chi connectivity index (χ0) is 19.0. The molecule has 4 rings (SSSR count). The second kappa shape index (κ2) is 6.93. The van der Waals surface area contributed by atoms with Crippen molar-refractivity contribution in [1.29, 1.82) is 0 Å². The number of thioether (sulfide) groups is 1. The summed E-state index contributed by atoms with van der Waals surface area (Å²) in [5.74, 6) is 2.06. The Kier molecular flexibility index (Phi) is 4.60. The molecule has 0 saturated carbocycles. The van der Waals surface area contributed by atoms with E-state index in [4.69, 9.17) is 4.74 Å². The molecule has 0 aromatic heterocycles. The van der Waals surface area contributed by atoms with Gasteiger partial charge in [0.05, 0.1) is 4.87 Å². The Balaban J connectivity index is 1.40. The van der Waals surface area contributed by atoms with Crippen molar-refractivity contribution in [1.82, 2.24) is 4.90 Å². The number of amides is 2. The molecular weight excluding hydrogens is 360 g/mol. The molecule has 5 nitrogen and oxygen atoms in total. The number of anilines is 1. The van der Waals surface area contributed by atoms with Crippen molar-refractivity contribution in [2.75, 3.05) is 11.1 Å². The largest absolute Gasteiger partial charge is 0.457 e. The van der Waals surface area contributed by atoms with E-state index in [1.54, 1.807) is 16.7 Å². The van der Waals surface area contributed by atoms with Gasteiger partial charge in [-0.3, -0.25) is 9.59 Å². The number of nitrogens with zero attached hydrogens (tertiary/aromatic N) is 1. The van der Waals surface area contributed by atoms with E-state index in [9.17, 15) is 9.59 Å².